The topological polar surface area (TPSA) is 41.5 Å². The Morgan fingerprint density at radius 3 is 2.88 bits per heavy atom. The zero-order chi connectivity index (χ0) is 5.98. The molecule has 0 aliphatic carbocycles. The van der Waals surface area contributed by atoms with Crippen molar-refractivity contribution >= 4 is 11.7 Å². The fourth-order valence-electron chi connectivity index (χ4n) is 0.629. The van der Waals surface area contributed by atoms with E-state index in [9.17, 15) is 4.79 Å². The molecule has 1 aliphatic heterocycles. The maximum Gasteiger partial charge on any atom is 0.227 e. The van der Waals surface area contributed by atoms with Gasteiger partial charge in [-0.2, -0.15) is 0 Å². The Morgan fingerprint density at radius 2 is 2.50 bits per heavy atom. The number of aliphatic imine (C=N–C) groups is 1. The summed E-state index contributed by atoms with van der Waals surface area (Å²) in [5.41, 5.74) is 0. The van der Waals surface area contributed by atoms with Crippen molar-refractivity contribution in [3.05, 3.63) is 0 Å². The van der Waals surface area contributed by atoms with Crippen LogP contribution in [-0.2, 0) is 4.79 Å². The molecule has 0 saturated heterocycles. The van der Waals surface area contributed by atoms with E-state index >= 15 is 0 Å². The SMILES string of the molecule is CC1=NCCC(=O)N1. The van der Waals surface area contributed by atoms with Crippen LogP contribution in [0, 0.1) is 0 Å². The Bertz CT molecular complexity index is 139. The number of amides is 1. The molecule has 0 atom stereocenters. The van der Waals surface area contributed by atoms with Gasteiger partial charge in [0, 0.05) is 13.0 Å². The van der Waals surface area contributed by atoms with Crippen LogP contribution in [0.2, 0.25) is 0 Å². The van der Waals surface area contributed by atoms with Gasteiger partial charge in [-0.3, -0.25) is 9.79 Å². The van der Waals surface area contributed by atoms with E-state index in [1.165, 1.54) is 0 Å². The fraction of sp³-hybridized carbons (Fsp3) is 0.600. The molecule has 44 valence electrons. The van der Waals surface area contributed by atoms with E-state index in [-0.39, 0.29) is 5.91 Å². The standard InChI is InChI=1S/C5H8N2O/c1-4-6-3-2-5(8)7-4/h2-3H2,1H3,(H,6,7,8). The number of carbonyl (C=O) groups excluding carboxylic acids is 1. The highest BCUT2D eigenvalue weighted by atomic mass is 16.1. The summed E-state index contributed by atoms with van der Waals surface area (Å²) in [5.74, 6) is 0.818. The summed E-state index contributed by atoms with van der Waals surface area (Å²) < 4.78 is 0. The highest BCUT2D eigenvalue weighted by Gasteiger charge is 2.05. The number of hydrogen-bond donors (Lipinski definition) is 1. The first-order valence-electron chi connectivity index (χ1n) is 2.60. The lowest BCUT2D eigenvalue weighted by atomic mass is 10.3. The quantitative estimate of drug-likeness (QED) is 0.468. The van der Waals surface area contributed by atoms with Gasteiger partial charge in [-0.1, -0.05) is 0 Å². The average molecular weight is 112 g/mol. The van der Waals surface area contributed by atoms with Gasteiger partial charge >= 0.3 is 0 Å². The van der Waals surface area contributed by atoms with Crippen molar-refractivity contribution in [2.75, 3.05) is 6.54 Å². The van der Waals surface area contributed by atoms with E-state index in [0.717, 1.165) is 5.84 Å². The molecule has 0 spiro atoms. The largest absolute Gasteiger partial charge is 0.315 e. The molecular weight excluding hydrogens is 104 g/mol. The lowest BCUT2D eigenvalue weighted by Crippen LogP contribution is -2.32. The number of nitrogens with one attached hydrogen (secondary N) is 1. The van der Waals surface area contributed by atoms with Gasteiger partial charge in [0.25, 0.3) is 0 Å². The van der Waals surface area contributed by atoms with Crippen molar-refractivity contribution in [1.82, 2.24) is 5.32 Å². The molecule has 1 rings (SSSR count). The number of hydrogen-bond acceptors (Lipinski definition) is 2. The molecule has 1 amide bonds. The van der Waals surface area contributed by atoms with Crippen molar-refractivity contribution in [3.8, 4) is 0 Å². The minimum absolute atomic E-state index is 0.0810. The molecule has 3 heteroatoms. The predicted octanol–water partition coefficient (Wildman–Crippen LogP) is -0.0753. The molecule has 0 fully saturated rings. The summed E-state index contributed by atoms with van der Waals surface area (Å²) in [6.07, 6.45) is 0.539. The maximum atomic E-state index is 10.5. The van der Waals surface area contributed by atoms with E-state index < -0.39 is 0 Å². The number of carbonyl (C=O) groups is 1. The third-order valence-electron chi connectivity index (χ3n) is 1.01. The van der Waals surface area contributed by atoms with Crippen LogP contribution in [0.25, 0.3) is 0 Å². The lowest BCUT2D eigenvalue weighted by Gasteiger charge is -2.07. The Labute approximate surface area is 47.8 Å². The molecule has 0 aromatic rings. The van der Waals surface area contributed by atoms with Crippen LogP contribution in [0.15, 0.2) is 4.99 Å². The smallest absolute Gasteiger partial charge is 0.227 e. The second kappa shape index (κ2) is 1.94. The van der Waals surface area contributed by atoms with Crippen molar-refractivity contribution in [3.63, 3.8) is 0 Å². The Hall–Kier alpha value is -0.860. The minimum atomic E-state index is 0.0810. The van der Waals surface area contributed by atoms with Crippen LogP contribution in [0.5, 0.6) is 0 Å². The highest BCUT2D eigenvalue weighted by Crippen LogP contribution is 1.88. The van der Waals surface area contributed by atoms with Crippen LogP contribution in [0.3, 0.4) is 0 Å². The maximum absolute atomic E-state index is 10.5. The molecule has 0 aromatic carbocycles. The van der Waals surface area contributed by atoms with E-state index in [0.29, 0.717) is 13.0 Å². The van der Waals surface area contributed by atoms with Gasteiger partial charge in [0.15, 0.2) is 0 Å². The first-order valence-corrected chi connectivity index (χ1v) is 2.60. The summed E-state index contributed by atoms with van der Waals surface area (Å²) >= 11 is 0. The lowest BCUT2D eigenvalue weighted by molar-refractivity contribution is -0.119. The van der Waals surface area contributed by atoms with Crippen molar-refractivity contribution in [2.24, 2.45) is 4.99 Å². The number of nitrogens with zero attached hydrogens (tertiary/aromatic N) is 1. The van der Waals surface area contributed by atoms with E-state index in [2.05, 4.69) is 10.3 Å². The van der Waals surface area contributed by atoms with Gasteiger partial charge < -0.3 is 5.32 Å². The predicted molar refractivity (Wildman–Crippen MR) is 30.7 cm³/mol. The average Bonchev–Trinajstić information content (AvgIpc) is 1.64. The Kier molecular flexibility index (Phi) is 1.28. The molecule has 1 N–H and O–H groups in total. The van der Waals surface area contributed by atoms with Gasteiger partial charge in [-0.05, 0) is 6.92 Å². The summed E-state index contributed by atoms with van der Waals surface area (Å²) in [5, 5.41) is 2.59. The molecule has 0 unspecified atom stereocenters. The molecular formula is C5H8N2O. The second-order valence-corrected chi connectivity index (χ2v) is 1.77. The van der Waals surface area contributed by atoms with Gasteiger partial charge in [0.05, 0.1) is 5.84 Å². The molecule has 1 aliphatic rings. The fourth-order valence-corrected chi connectivity index (χ4v) is 0.629. The first-order chi connectivity index (χ1) is 3.79. The van der Waals surface area contributed by atoms with Crippen molar-refractivity contribution in [1.29, 1.82) is 0 Å². The molecule has 0 aromatic heterocycles. The number of rotatable bonds is 0. The second-order valence-electron chi connectivity index (χ2n) is 1.77. The zero-order valence-corrected chi connectivity index (χ0v) is 4.77. The van der Waals surface area contributed by atoms with Gasteiger partial charge in [-0.25, -0.2) is 0 Å². The third-order valence-corrected chi connectivity index (χ3v) is 1.01. The highest BCUT2D eigenvalue weighted by molar-refractivity contribution is 5.98. The molecule has 0 bridgehead atoms. The van der Waals surface area contributed by atoms with Gasteiger partial charge in [-0.15, -0.1) is 0 Å². The van der Waals surface area contributed by atoms with Crippen LogP contribution >= 0.6 is 0 Å². The molecule has 0 radical (unpaired) electrons. The number of amidine groups is 1. The third kappa shape index (κ3) is 1.05. The van der Waals surface area contributed by atoms with Crippen LogP contribution in [0.1, 0.15) is 13.3 Å². The van der Waals surface area contributed by atoms with Gasteiger partial charge in [0.1, 0.15) is 0 Å². The molecule has 3 nitrogen and oxygen atoms in total. The normalized spacial score (nSPS) is 19.6. The van der Waals surface area contributed by atoms with Gasteiger partial charge in [0.2, 0.25) is 5.91 Å². The molecule has 1 heterocycles. The first kappa shape index (κ1) is 5.28. The Morgan fingerprint density at radius 1 is 1.75 bits per heavy atom. The van der Waals surface area contributed by atoms with E-state index in [1.807, 2.05) is 0 Å². The minimum Gasteiger partial charge on any atom is -0.315 e. The summed E-state index contributed by atoms with van der Waals surface area (Å²) in [7, 11) is 0. The monoisotopic (exact) mass is 112 g/mol. The van der Waals surface area contributed by atoms with E-state index in [1.54, 1.807) is 6.92 Å². The summed E-state index contributed by atoms with van der Waals surface area (Å²) in [4.78, 5) is 14.4. The summed E-state index contributed by atoms with van der Waals surface area (Å²) in [6, 6.07) is 0. The van der Waals surface area contributed by atoms with Crippen molar-refractivity contribution < 1.29 is 4.79 Å². The van der Waals surface area contributed by atoms with Crippen LogP contribution in [-0.4, -0.2) is 18.3 Å². The summed E-state index contributed by atoms with van der Waals surface area (Å²) in [6.45, 7) is 2.44. The van der Waals surface area contributed by atoms with E-state index in [4.69, 9.17) is 0 Å². The zero-order valence-electron chi connectivity index (χ0n) is 4.77. The molecule has 8 heavy (non-hydrogen) atoms. The van der Waals surface area contributed by atoms with Crippen LogP contribution < -0.4 is 5.32 Å². The van der Waals surface area contributed by atoms with Crippen LogP contribution in [0.4, 0.5) is 0 Å². The molecule has 0 saturated carbocycles. The Balaban J connectivity index is 2.57. The van der Waals surface area contributed by atoms with Crippen molar-refractivity contribution in [2.45, 2.75) is 13.3 Å².